The van der Waals surface area contributed by atoms with Gasteiger partial charge >= 0.3 is 0 Å². The van der Waals surface area contributed by atoms with E-state index in [2.05, 4.69) is 5.32 Å². The second kappa shape index (κ2) is 10.4. The van der Waals surface area contributed by atoms with Crippen LogP contribution >= 0.6 is 11.8 Å². The van der Waals surface area contributed by atoms with E-state index < -0.39 is 10.0 Å². The third kappa shape index (κ3) is 6.79. The van der Waals surface area contributed by atoms with Crippen LogP contribution in [-0.2, 0) is 20.6 Å². The third-order valence-electron chi connectivity index (χ3n) is 3.90. The summed E-state index contributed by atoms with van der Waals surface area (Å²) in [5.41, 5.74) is 1.23. The van der Waals surface area contributed by atoms with Crippen molar-refractivity contribution in [3.63, 3.8) is 0 Å². The first kappa shape index (κ1) is 22.2. The fraction of sp³-hybridized carbons (Fsp3) is 0.421. The highest BCUT2D eigenvalue weighted by Crippen LogP contribution is 2.30. The Morgan fingerprint density at radius 2 is 2.11 bits per heavy atom. The van der Waals surface area contributed by atoms with Crippen molar-refractivity contribution in [2.45, 2.75) is 19.1 Å². The van der Waals surface area contributed by atoms with Crippen LogP contribution in [-0.4, -0.2) is 46.5 Å². The average Bonchev–Trinajstić information content (AvgIpc) is 3.15. The maximum Gasteiger partial charge on any atom is 0.240 e. The molecule has 0 saturated heterocycles. The molecule has 0 atom stereocenters. The van der Waals surface area contributed by atoms with Crippen molar-refractivity contribution in [3.05, 3.63) is 47.9 Å². The number of rotatable bonds is 11. The monoisotopic (exact) mass is 426 g/mol. The van der Waals surface area contributed by atoms with E-state index in [9.17, 15) is 13.2 Å². The van der Waals surface area contributed by atoms with E-state index in [4.69, 9.17) is 9.15 Å². The highest BCUT2D eigenvalue weighted by Gasteiger charge is 2.24. The van der Waals surface area contributed by atoms with Gasteiger partial charge in [-0.25, -0.2) is 8.42 Å². The molecular weight excluding hydrogens is 400 g/mol. The Morgan fingerprint density at radius 1 is 1.32 bits per heavy atom. The summed E-state index contributed by atoms with van der Waals surface area (Å²) in [4.78, 5) is 12.3. The van der Waals surface area contributed by atoms with Crippen molar-refractivity contribution in [2.75, 3.05) is 36.5 Å². The maximum absolute atomic E-state index is 12.3. The number of anilines is 1. The Morgan fingerprint density at radius 3 is 2.75 bits per heavy atom. The van der Waals surface area contributed by atoms with Gasteiger partial charge in [-0.2, -0.15) is 11.8 Å². The number of nitrogens with zero attached hydrogens (tertiary/aromatic N) is 1. The van der Waals surface area contributed by atoms with Crippen LogP contribution in [0.2, 0.25) is 0 Å². The lowest BCUT2D eigenvalue weighted by Crippen LogP contribution is -2.40. The average molecular weight is 427 g/mol. The number of sulfonamides is 1. The summed E-state index contributed by atoms with van der Waals surface area (Å²) in [5.74, 6) is 2.62. The van der Waals surface area contributed by atoms with Gasteiger partial charge in [0.15, 0.2) is 0 Å². The number of carbonyl (C=O) groups excluding carboxylic acids is 1. The van der Waals surface area contributed by atoms with E-state index in [1.807, 2.05) is 25.1 Å². The zero-order chi connectivity index (χ0) is 20.6. The molecule has 0 aliphatic heterocycles. The highest BCUT2D eigenvalue weighted by molar-refractivity contribution is 7.98. The zero-order valence-corrected chi connectivity index (χ0v) is 17.9. The lowest BCUT2D eigenvalue weighted by molar-refractivity contribution is -0.119. The third-order valence-corrected chi connectivity index (χ3v) is 6.10. The van der Waals surface area contributed by atoms with E-state index in [-0.39, 0.29) is 12.5 Å². The minimum atomic E-state index is -3.65. The van der Waals surface area contributed by atoms with Crippen molar-refractivity contribution in [1.82, 2.24) is 5.32 Å². The molecule has 0 aliphatic rings. The smallest absolute Gasteiger partial charge is 0.240 e. The summed E-state index contributed by atoms with van der Waals surface area (Å²) < 4.78 is 36.1. The molecule has 1 N–H and O–H groups in total. The van der Waals surface area contributed by atoms with Crippen LogP contribution < -0.4 is 14.4 Å². The number of carbonyl (C=O) groups is 1. The van der Waals surface area contributed by atoms with Crippen molar-refractivity contribution in [2.24, 2.45) is 0 Å². The number of hydrogen-bond donors (Lipinski definition) is 1. The summed E-state index contributed by atoms with van der Waals surface area (Å²) in [5, 5.41) is 2.78. The fourth-order valence-corrected chi connectivity index (χ4v) is 4.24. The number of methoxy groups -OCH3 is 1. The van der Waals surface area contributed by atoms with Gasteiger partial charge in [0.2, 0.25) is 15.9 Å². The summed E-state index contributed by atoms with van der Waals surface area (Å²) in [7, 11) is -2.18. The molecule has 1 aromatic carbocycles. The number of hydrogen-bond acceptors (Lipinski definition) is 6. The molecule has 0 spiro atoms. The molecule has 28 heavy (non-hydrogen) atoms. The van der Waals surface area contributed by atoms with Gasteiger partial charge < -0.3 is 14.5 Å². The molecule has 7 nitrogen and oxygen atoms in total. The molecule has 0 fully saturated rings. The zero-order valence-electron chi connectivity index (χ0n) is 16.3. The predicted octanol–water partition coefficient (Wildman–Crippen LogP) is 2.80. The van der Waals surface area contributed by atoms with Crippen molar-refractivity contribution in [3.8, 4) is 5.75 Å². The van der Waals surface area contributed by atoms with Gasteiger partial charge in [-0.3, -0.25) is 9.10 Å². The molecule has 0 saturated carbocycles. The van der Waals surface area contributed by atoms with Gasteiger partial charge in [-0.05, 0) is 48.9 Å². The van der Waals surface area contributed by atoms with Crippen LogP contribution in [0.15, 0.2) is 41.0 Å². The number of amides is 1. The fourth-order valence-electron chi connectivity index (χ4n) is 2.53. The van der Waals surface area contributed by atoms with E-state index in [1.165, 1.54) is 7.11 Å². The van der Waals surface area contributed by atoms with Crippen LogP contribution in [0.1, 0.15) is 17.7 Å². The first-order valence-electron chi connectivity index (χ1n) is 8.80. The molecule has 154 valence electrons. The molecule has 0 bridgehead atoms. The second-order valence-electron chi connectivity index (χ2n) is 6.28. The Balaban J connectivity index is 1.87. The molecule has 2 aromatic rings. The summed E-state index contributed by atoms with van der Waals surface area (Å²) in [6, 6.07) is 8.99. The Bertz CT molecular complexity index is 866. The quantitative estimate of drug-likeness (QED) is 0.556. The van der Waals surface area contributed by atoms with E-state index >= 15 is 0 Å². The predicted molar refractivity (Wildman–Crippen MR) is 112 cm³/mol. The number of thioether (sulfide) groups is 1. The Labute approximate surface area is 170 Å². The van der Waals surface area contributed by atoms with Gasteiger partial charge in [-0.1, -0.05) is 6.07 Å². The molecule has 1 heterocycles. The van der Waals surface area contributed by atoms with E-state index in [0.717, 1.165) is 39.8 Å². The lowest BCUT2D eigenvalue weighted by atomic mass is 10.2. The van der Waals surface area contributed by atoms with E-state index in [0.29, 0.717) is 18.0 Å². The first-order valence-corrected chi connectivity index (χ1v) is 11.8. The van der Waals surface area contributed by atoms with Crippen LogP contribution in [0.3, 0.4) is 0 Å². The molecular formula is C19H26N2O5S2. The van der Waals surface area contributed by atoms with Crippen molar-refractivity contribution < 1.29 is 22.4 Å². The van der Waals surface area contributed by atoms with Crippen LogP contribution in [0.4, 0.5) is 5.69 Å². The summed E-state index contributed by atoms with van der Waals surface area (Å²) in [6.45, 7) is 2.04. The van der Waals surface area contributed by atoms with E-state index in [1.54, 1.807) is 30.2 Å². The van der Waals surface area contributed by atoms with Crippen molar-refractivity contribution >= 4 is 33.4 Å². The number of furan rings is 1. The van der Waals surface area contributed by atoms with Gasteiger partial charge in [0.25, 0.3) is 0 Å². The van der Waals surface area contributed by atoms with Crippen LogP contribution in [0, 0.1) is 6.92 Å². The molecule has 9 heteroatoms. The molecule has 2 rings (SSSR count). The number of ether oxygens (including phenoxy) is 1. The first-order chi connectivity index (χ1) is 13.3. The van der Waals surface area contributed by atoms with Crippen molar-refractivity contribution in [1.29, 1.82) is 0 Å². The molecule has 0 radical (unpaired) electrons. The van der Waals surface area contributed by atoms with Gasteiger partial charge in [0.05, 0.1) is 31.1 Å². The number of benzene rings is 1. The van der Waals surface area contributed by atoms with Gasteiger partial charge in [-0.15, -0.1) is 0 Å². The number of nitrogens with one attached hydrogen (secondary N) is 1. The van der Waals surface area contributed by atoms with Gasteiger partial charge in [0.1, 0.15) is 18.1 Å². The SMILES string of the molecule is COc1ccc(C)cc1N(CC(=O)NCCCSCc1ccco1)S(C)(=O)=O. The molecule has 1 aromatic heterocycles. The minimum absolute atomic E-state index is 0.293. The summed E-state index contributed by atoms with van der Waals surface area (Å²) in [6.07, 6.45) is 3.50. The second-order valence-corrected chi connectivity index (χ2v) is 9.29. The van der Waals surface area contributed by atoms with Crippen LogP contribution in [0.5, 0.6) is 5.75 Å². The molecule has 1 amide bonds. The topological polar surface area (TPSA) is 88.8 Å². The highest BCUT2D eigenvalue weighted by atomic mass is 32.2. The van der Waals surface area contributed by atoms with Gasteiger partial charge in [0, 0.05) is 6.54 Å². The largest absolute Gasteiger partial charge is 0.495 e. The Kier molecular flexibility index (Phi) is 8.25. The number of aryl methyl sites for hydroxylation is 1. The summed E-state index contributed by atoms with van der Waals surface area (Å²) >= 11 is 1.72. The molecule has 0 unspecified atom stereocenters. The minimum Gasteiger partial charge on any atom is -0.495 e. The lowest BCUT2D eigenvalue weighted by Gasteiger charge is -2.24. The standard InChI is InChI=1S/C19H26N2O5S2/c1-15-7-8-18(25-2)17(12-15)21(28(3,23)24)13-19(22)20-9-5-11-27-14-16-6-4-10-26-16/h4,6-8,10,12H,5,9,11,13-14H2,1-3H3,(H,20,22). The maximum atomic E-state index is 12.3. The molecule has 0 aliphatic carbocycles. The normalized spacial score (nSPS) is 11.2. The Hall–Kier alpha value is -2.13. The van der Waals surface area contributed by atoms with Crippen LogP contribution in [0.25, 0.3) is 0 Å².